The summed E-state index contributed by atoms with van der Waals surface area (Å²) >= 11 is 5.33. The highest BCUT2D eigenvalue weighted by Gasteiger charge is 2.34. The normalized spacial score (nSPS) is 16.2. The largest absolute Gasteiger partial charge is 0.493 e. The number of hydrogen-bond acceptors (Lipinski definition) is 6. The number of thiocarbonyl (C=S) groups is 1. The van der Waals surface area contributed by atoms with Crippen molar-refractivity contribution < 1.29 is 23.9 Å². The third-order valence-electron chi connectivity index (χ3n) is 4.18. The molecule has 2 N–H and O–H groups in total. The van der Waals surface area contributed by atoms with Crippen LogP contribution in [0.3, 0.4) is 0 Å². The number of carbonyl (C=O) groups is 3. The van der Waals surface area contributed by atoms with E-state index in [1.54, 1.807) is 36.1 Å². The van der Waals surface area contributed by atoms with E-state index in [1.807, 2.05) is 0 Å². The van der Waals surface area contributed by atoms with Crippen LogP contribution in [-0.2, 0) is 14.3 Å². The van der Waals surface area contributed by atoms with Crippen molar-refractivity contribution in [3.05, 3.63) is 29.8 Å². The highest BCUT2D eigenvalue weighted by molar-refractivity contribution is 7.80. The fraction of sp³-hybridized carbons (Fsp3) is 0.500. The fourth-order valence-electron chi connectivity index (χ4n) is 2.75. The van der Waals surface area contributed by atoms with Crippen molar-refractivity contribution in [2.75, 3.05) is 26.3 Å². The predicted molar refractivity (Wildman–Crippen MR) is 112 cm³/mol. The third kappa shape index (κ3) is 6.70. The van der Waals surface area contributed by atoms with Crippen LogP contribution in [0.5, 0.6) is 5.75 Å². The van der Waals surface area contributed by atoms with Crippen LogP contribution < -0.4 is 15.4 Å². The van der Waals surface area contributed by atoms with Crippen molar-refractivity contribution in [2.24, 2.45) is 5.92 Å². The number of nitrogens with one attached hydrogen (secondary N) is 2. The van der Waals surface area contributed by atoms with Crippen LogP contribution in [0.4, 0.5) is 0 Å². The standard InChI is InChI=1S/C20H27N3O5S/c1-4-27-17(24)11-16-19(26)21-9-10-23(16)20(29)22-18(25)14-5-7-15(8-6-14)28-12-13(2)3/h5-8,13,16H,4,9-12H2,1-3H3,(H,21,26)(H,22,25,29). The summed E-state index contributed by atoms with van der Waals surface area (Å²) in [6.07, 6.45) is -0.141. The van der Waals surface area contributed by atoms with Crippen LogP contribution in [0, 0.1) is 5.92 Å². The lowest BCUT2D eigenvalue weighted by molar-refractivity contribution is -0.147. The summed E-state index contributed by atoms with van der Waals surface area (Å²) < 4.78 is 10.5. The van der Waals surface area contributed by atoms with Gasteiger partial charge < -0.3 is 19.7 Å². The molecule has 1 aromatic rings. The van der Waals surface area contributed by atoms with Crippen molar-refractivity contribution in [3.8, 4) is 5.75 Å². The van der Waals surface area contributed by atoms with Crippen LogP contribution in [0.2, 0.25) is 0 Å². The first-order valence-electron chi connectivity index (χ1n) is 9.60. The third-order valence-corrected chi connectivity index (χ3v) is 4.51. The second-order valence-corrected chi connectivity index (χ2v) is 7.38. The molecule has 9 heteroatoms. The summed E-state index contributed by atoms with van der Waals surface area (Å²) in [7, 11) is 0. The summed E-state index contributed by atoms with van der Waals surface area (Å²) in [5, 5.41) is 5.43. The lowest BCUT2D eigenvalue weighted by Crippen LogP contribution is -2.60. The molecule has 2 rings (SSSR count). The average Bonchev–Trinajstić information content (AvgIpc) is 2.68. The van der Waals surface area contributed by atoms with Gasteiger partial charge in [0.2, 0.25) is 5.91 Å². The number of hydrogen-bond donors (Lipinski definition) is 2. The summed E-state index contributed by atoms with van der Waals surface area (Å²) in [5.74, 6) is -0.135. The molecule has 29 heavy (non-hydrogen) atoms. The molecule has 0 bridgehead atoms. The first-order valence-corrected chi connectivity index (χ1v) is 10.0. The molecule has 2 amide bonds. The van der Waals surface area contributed by atoms with E-state index in [4.69, 9.17) is 21.7 Å². The second-order valence-electron chi connectivity index (χ2n) is 7.00. The number of carbonyl (C=O) groups excluding carboxylic acids is 3. The molecule has 1 fully saturated rings. The number of ether oxygens (including phenoxy) is 2. The quantitative estimate of drug-likeness (QED) is 0.509. The Hall–Kier alpha value is -2.68. The topological polar surface area (TPSA) is 97.0 Å². The Balaban J connectivity index is 2.00. The molecule has 0 spiro atoms. The average molecular weight is 422 g/mol. The van der Waals surface area contributed by atoms with Gasteiger partial charge in [0.25, 0.3) is 5.91 Å². The molecular formula is C20H27N3O5S. The van der Waals surface area contributed by atoms with Gasteiger partial charge in [0.1, 0.15) is 11.8 Å². The second kappa shape index (κ2) is 10.8. The Kier molecular flexibility index (Phi) is 8.38. The molecule has 1 unspecified atom stereocenters. The number of rotatable bonds is 7. The van der Waals surface area contributed by atoms with Gasteiger partial charge in [-0.15, -0.1) is 0 Å². The molecular weight excluding hydrogens is 394 g/mol. The number of nitrogens with zero attached hydrogens (tertiary/aromatic N) is 1. The van der Waals surface area contributed by atoms with Gasteiger partial charge in [-0.25, -0.2) is 0 Å². The van der Waals surface area contributed by atoms with Crippen LogP contribution in [0.15, 0.2) is 24.3 Å². The van der Waals surface area contributed by atoms with Gasteiger partial charge in [-0.1, -0.05) is 13.8 Å². The molecule has 1 heterocycles. The van der Waals surface area contributed by atoms with Crippen molar-refractivity contribution >= 4 is 35.1 Å². The Morgan fingerprint density at radius 1 is 1.31 bits per heavy atom. The van der Waals surface area contributed by atoms with Crippen LogP contribution in [0.1, 0.15) is 37.6 Å². The van der Waals surface area contributed by atoms with Crippen molar-refractivity contribution in [1.29, 1.82) is 0 Å². The number of piperazine rings is 1. The lowest BCUT2D eigenvalue weighted by atomic mass is 10.1. The fourth-order valence-corrected chi connectivity index (χ4v) is 3.06. The maximum atomic E-state index is 12.5. The van der Waals surface area contributed by atoms with Crippen molar-refractivity contribution in [1.82, 2.24) is 15.5 Å². The first-order chi connectivity index (χ1) is 13.8. The minimum absolute atomic E-state index is 0.0966. The molecule has 0 aliphatic carbocycles. The van der Waals surface area contributed by atoms with Gasteiger partial charge in [0, 0.05) is 18.7 Å². The van der Waals surface area contributed by atoms with Crippen molar-refractivity contribution in [3.63, 3.8) is 0 Å². The zero-order chi connectivity index (χ0) is 21.4. The van der Waals surface area contributed by atoms with Gasteiger partial charge in [-0.2, -0.15) is 0 Å². The maximum absolute atomic E-state index is 12.5. The molecule has 1 saturated heterocycles. The van der Waals surface area contributed by atoms with Gasteiger partial charge in [-0.05, 0) is 49.3 Å². The summed E-state index contributed by atoms with van der Waals surface area (Å²) in [6, 6.07) is 5.91. The first kappa shape index (κ1) is 22.6. The molecule has 1 atom stereocenters. The predicted octanol–water partition coefficient (Wildman–Crippen LogP) is 1.49. The molecule has 1 aliphatic rings. The van der Waals surface area contributed by atoms with Crippen LogP contribution in [-0.4, -0.2) is 60.1 Å². The summed E-state index contributed by atoms with van der Waals surface area (Å²) in [6.45, 7) is 7.38. The molecule has 158 valence electrons. The number of benzene rings is 1. The monoisotopic (exact) mass is 421 g/mol. The number of amides is 2. The van der Waals surface area contributed by atoms with E-state index in [1.165, 1.54) is 0 Å². The Labute approximate surface area is 175 Å². The van der Waals surface area contributed by atoms with E-state index in [0.717, 1.165) is 0 Å². The molecule has 8 nitrogen and oxygen atoms in total. The van der Waals surface area contributed by atoms with Crippen LogP contribution >= 0.6 is 12.2 Å². The van der Waals surface area contributed by atoms with Gasteiger partial charge in [0.05, 0.1) is 19.6 Å². The van der Waals surface area contributed by atoms with Gasteiger partial charge >= 0.3 is 5.97 Å². The Morgan fingerprint density at radius 2 is 2.00 bits per heavy atom. The van der Waals surface area contributed by atoms with E-state index in [9.17, 15) is 14.4 Å². The molecule has 0 radical (unpaired) electrons. The van der Waals surface area contributed by atoms with Crippen molar-refractivity contribution in [2.45, 2.75) is 33.2 Å². The zero-order valence-electron chi connectivity index (χ0n) is 16.9. The Morgan fingerprint density at radius 3 is 2.62 bits per heavy atom. The minimum Gasteiger partial charge on any atom is -0.493 e. The maximum Gasteiger partial charge on any atom is 0.308 e. The summed E-state index contributed by atoms with van der Waals surface area (Å²) in [5.41, 5.74) is 0.410. The van der Waals surface area contributed by atoms with Gasteiger partial charge in [-0.3, -0.25) is 19.7 Å². The zero-order valence-corrected chi connectivity index (χ0v) is 17.7. The Bertz CT molecular complexity index is 751. The summed E-state index contributed by atoms with van der Waals surface area (Å²) in [4.78, 5) is 38.1. The molecule has 1 aromatic carbocycles. The lowest BCUT2D eigenvalue weighted by Gasteiger charge is -2.36. The molecule has 1 aliphatic heterocycles. The highest BCUT2D eigenvalue weighted by atomic mass is 32.1. The van der Waals surface area contributed by atoms with E-state index < -0.39 is 17.9 Å². The van der Waals surface area contributed by atoms with E-state index >= 15 is 0 Å². The highest BCUT2D eigenvalue weighted by Crippen LogP contribution is 2.14. The van der Waals surface area contributed by atoms with E-state index in [0.29, 0.717) is 36.9 Å². The molecule has 0 aromatic heterocycles. The van der Waals surface area contributed by atoms with Gasteiger partial charge in [0.15, 0.2) is 5.11 Å². The minimum atomic E-state index is -0.817. The van der Waals surface area contributed by atoms with Crippen LogP contribution in [0.25, 0.3) is 0 Å². The SMILES string of the molecule is CCOC(=O)CC1C(=O)NCCN1C(=S)NC(=O)c1ccc(OCC(C)C)cc1. The molecule has 0 saturated carbocycles. The number of esters is 1. The van der Waals surface area contributed by atoms with E-state index in [2.05, 4.69) is 24.5 Å². The van der Waals surface area contributed by atoms with E-state index in [-0.39, 0.29) is 24.0 Å². The smallest absolute Gasteiger partial charge is 0.308 e.